The summed E-state index contributed by atoms with van der Waals surface area (Å²) in [5.74, 6) is 1.26. The fourth-order valence-electron chi connectivity index (χ4n) is 3.41. The number of guanidine groups is 1. The molecule has 31 heavy (non-hydrogen) atoms. The Morgan fingerprint density at radius 1 is 1.29 bits per heavy atom. The molecule has 0 radical (unpaired) electrons. The third kappa shape index (κ3) is 8.91. The van der Waals surface area contributed by atoms with Crippen molar-refractivity contribution in [2.45, 2.75) is 30.7 Å². The van der Waals surface area contributed by atoms with Gasteiger partial charge in [-0.15, -0.1) is 24.0 Å². The number of sulfonamides is 1. The lowest BCUT2D eigenvalue weighted by Crippen LogP contribution is -2.45. The van der Waals surface area contributed by atoms with Gasteiger partial charge in [-0.25, -0.2) is 13.1 Å². The van der Waals surface area contributed by atoms with E-state index in [2.05, 4.69) is 25.2 Å². The Kier molecular flexibility index (Phi) is 12.3. The van der Waals surface area contributed by atoms with Crippen LogP contribution in [0.4, 0.5) is 0 Å². The first-order chi connectivity index (χ1) is 14.4. The Hall–Kier alpha value is -1.44. The van der Waals surface area contributed by atoms with E-state index in [-0.39, 0.29) is 41.3 Å². The van der Waals surface area contributed by atoms with Crippen molar-refractivity contribution >= 4 is 45.9 Å². The topological polar surface area (TPSA) is 112 Å². The highest BCUT2D eigenvalue weighted by molar-refractivity contribution is 14.0. The Bertz CT molecular complexity index is 827. The zero-order valence-electron chi connectivity index (χ0n) is 18.4. The first kappa shape index (κ1) is 27.6. The lowest BCUT2D eigenvalue weighted by Gasteiger charge is -2.34. The standard InChI is InChI=1S/C20H33N5O4S.HI/c1-21-19(26)14-16-7-10-25(11-8-16)20(22-2)23-15-17-5-4-6-18(13-17)30(27,28)24-9-12-29-3;/h4-6,13,16,24H,7-12,14-15H2,1-3H3,(H,21,26)(H,22,23);1H. The summed E-state index contributed by atoms with van der Waals surface area (Å²) in [6, 6.07) is 6.84. The van der Waals surface area contributed by atoms with E-state index in [1.807, 2.05) is 6.07 Å². The number of nitrogens with one attached hydrogen (secondary N) is 3. The number of carbonyl (C=O) groups is 1. The maximum absolute atomic E-state index is 12.4. The first-order valence-electron chi connectivity index (χ1n) is 10.1. The van der Waals surface area contributed by atoms with Crippen molar-refractivity contribution in [3.63, 3.8) is 0 Å². The van der Waals surface area contributed by atoms with Gasteiger partial charge in [-0.2, -0.15) is 0 Å². The second-order valence-electron chi connectivity index (χ2n) is 7.25. The summed E-state index contributed by atoms with van der Waals surface area (Å²) in [4.78, 5) is 18.3. The van der Waals surface area contributed by atoms with Gasteiger partial charge in [0.2, 0.25) is 15.9 Å². The van der Waals surface area contributed by atoms with E-state index in [1.165, 1.54) is 7.11 Å². The second-order valence-corrected chi connectivity index (χ2v) is 9.01. The maximum Gasteiger partial charge on any atom is 0.240 e. The fraction of sp³-hybridized carbons (Fsp3) is 0.600. The van der Waals surface area contributed by atoms with Gasteiger partial charge in [0, 0.05) is 53.8 Å². The zero-order valence-corrected chi connectivity index (χ0v) is 21.5. The number of amides is 1. The molecule has 1 heterocycles. The maximum atomic E-state index is 12.4. The quantitative estimate of drug-likeness (QED) is 0.179. The van der Waals surface area contributed by atoms with Crippen LogP contribution < -0.4 is 15.4 Å². The van der Waals surface area contributed by atoms with E-state index in [0.29, 0.717) is 25.5 Å². The number of likely N-dealkylation sites (tertiary alicyclic amines) is 1. The number of piperidine rings is 1. The molecule has 0 bridgehead atoms. The van der Waals surface area contributed by atoms with Gasteiger partial charge >= 0.3 is 0 Å². The van der Waals surface area contributed by atoms with Crippen LogP contribution in [-0.2, 0) is 26.1 Å². The van der Waals surface area contributed by atoms with Gasteiger partial charge in [0.05, 0.1) is 11.5 Å². The Labute approximate surface area is 202 Å². The van der Waals surface area contributed by atoms with Crippen molar-refractivity contribution in [2.24, 2.45) is 10.9 Å². The summed E-state index contributed by atoms with van der Waals surface area (Å²) in [5, 5.41) is 6.00. The number of ether oxygens (including phenoxy) is 1. The Balaban J connectivity index is 0.00000480. The summed E-state index contributed by atoms with van der Waals surface area (Å²) >= 11 is 0. The molecule has 3 N–H and O–H groups in total. The molecule has 1 aromatic carbocycles. The minimum atomic E-state index is -3.57. The summed E-state index contributed by atoms with van der Waals surface area (Å²) in [5.41, 5.74) is 0.847. The highest BCUT2D eigenvalue weighted by Gasteiger charge is 2.23. The number of methoxy groups -OCH3 is 1. The molecule has 1 aliphatic heterocycles. The Morgan fingerprint density at radius 3 is 2.61 bits per heavy atom. The molecule has 2 rings (SSSR count). The van der Waals surface area contributed by atoms with Gasteiger partial charge in [-0.05, 0) is 36.5 Å². The van der Waals surface area contributed by atoms with E-state index in [4.69, 9.17) is 4.74 Å². The SMILES string of the molecule is CN=C(NCc1cccc(S(=O)(=O)NCCOC)c1)N1CCC(CC(=O)NC)CC1.I. The number of rotatable bonds is 9. The van der Waals surface area contributed by atoms with Crippen LogP contribution in [0.2, 0.25) is 0 Å². The monoisotopic (exact) mass is 567 g/mol. The molecule has 0 saturated carbocycles. The fourth-order valence-corrected chi connectivity index (χ4v) is 4.49. The van der Waals surface area contributed by atoms with Gasteiger partial charge < -0.3 is 20.3 Å². The van der Waals surface area contributed by atoms with Gasteiger partial charge in [-0.1, -0.05) is 12.1 Å². The van der Waals surface area contributed by atoms with Gasteiger partial charge in [-0.3, -0.25) is 9.79 Å². The molecule has 1 amide bonds. The lowest BCUT2D eigenvalue weighted by atomic mass is 9.93. The molecular weight excluding hydrogens is 533 g/mol. The van der Waals surface area contributed by atoms with Crippen LogP contribution in [-0.4, -0.2) is 72.6 Å². The number of aliphatic imine (C=N–C) groups is 1. The molecule has 1 aliphatic rings. The summed E-state index contributed by atoms with van der Waals surface area (Å²) < 4.78 is 32.2. The second kappa shape index (κ2) is 13.9. The van der Waals surface area contributed by atoms with Crippen LogP contribution >= 0.6 is 24.0 Å². The number of halogens is 1. The predicted molar refractivity (Wildman–Crippen MR) is 132 cm³/mol. The van der Waals surface area contributed by atoms with Crippen molar-refractivity contribution in [3.05, 3.63) is 29.8 Å². The van der Waals surface area contributed by atoms with Crippen LogP contribution in [0.5, 0.6) is 0 Å². The van der Waals surface area contributed by atoms with Crippen molar-refractivity contribution in [2.75, 3.05) is 47.4 Å². The number of benzene rings is 1. The molecule has 1 saturated heterocycles. The molecular formula is C20H34IN5O4S. The van der Waals surface area contributed by atoms with Gasteiger partial charge in [0.25, 0.3) is 0 Å². The first-order valence-corrected chi connectivity index (χ1v) is 11.6. The number of hydrogen-bond acceptors (Lipinski definition) is 5. The zero-order chi connectivity index (χ0) is 22.0. The molecule has 9 nitrogen and oxygen atoms in total. The third-order valence-electron chi connectivity index (χ3n) is 5.14. The molecule has 176 valence electrons. The number of nitrogens with zero attached hydrogens (tertiary/aromatic N) is 2. The molecule has 0 unspecified atom stereocenters. The molecule has 0 spiro atoms. The van der Waals surface area contributed by atoms with E-state index in [1.54, 1.807) is 32.3 Å². The molecule has 11 heteroatoms. The normalized spacial score (nSPS) is 15.3. The van der Waals surface area contributed by atoms with Gasteiger partial charge in [0.1, 0.15) is 0 Å². The van der Waals surface area contributed by atoms with Crippen LogP contribution in [0.1, 0.15) is 24.8 Å². The number of hydrogen-bond donors (Lipinski definition) is 3. The highest BCUT2D eigenvalue weighted by Crippen LogP contribution is 2.20. The van der Waals surface area contributed by atoms with Gasteiger partial charge in [0.15, 0.2) is 5.96 Å². The van der Waals surface area contributed by atoms with E-state index in [9.17, 15) is 13.2 Å². The van der Waals surface area contributed by atoms with Crippen LogP contribution in [0.25, 0.3) is 0 Å². The minimum absolute atomic E-state index is 0. The van der Waals surface area contributed by atoms with Crippen molar-refractivity contribution in [1.29, 1.82) is 0 Å². The largest absolute Gasteiger partial charge is 0.383 e. The van der Waals surface area contributed by atoms with E-state index < -0.39 is 10.0 Å². The van der Waals surface area contributed by atoms with Crippen LogP contribution in [0.15, 0.2) is 34.2 Å². The summed E-state index contributed by atoms with van der Waals surface area (Å²) in [7, 11) is 1.36. The summed E-state index contributed by atoms with van der Waals surface area (Å²) in [6.45, 7) is 2.67. The molecule has 0 aromatic heterocycles. The molecule has 0 atom stereocenters. The predicted octanol–water partition coefficient (Wildman–Crippen LogP) is 1.15. The smallest absolute Gasteiger partial charge is 0.240 e. The molecule has 1 fully saturated rings. The third-order valence-corrected chi connectivity index (χ3v) is 6.60. The Morgan fingerprint density at radius 2 is 2.00 bits per heavy atom. The average molecular weight is 567 g/mol. The average Bonchev–Trinajstić information content (AvgIpc) is 2.75. The van der Waals surface area contributed by atoms with Crippen molar-refractivity contribution in [1.82, 2.24) is 20.3 Å². The van der Waals surface area contributed by atoms with Crippen molar-refractivity contribution < 1.29 is 17.9 Å². The summed E-state index contributed by atoms with van der Waals surface area (Å²) in [6.07, 6.45) is 2.44. The molecule has 1 aromatic rings. The van der Waals surface area contributed by atoms with E-state index in [0.717, 1.165) is 37.5 Å². The van der Waals surface area contributed by atoms with Crippen LogP contribution in [0, 0.1) is 5.92 Å². The van der Waals surface area contributed by atoms with Crippen molar-refractivity contribution in [3.8, 4) is 0 Å². The lowest BCUT2D eigenvalue weighted by molar-refractivity contribution is -0.121. The molecule has 0 aliphatic carbocycles. The number of carbonyl (C=O) groups excluding carboxylic acids is 1. The highest BCUT2D eigenvalue weighted by atomic mass is 127. The van der Waals surface area contributed by atoms with Crippen LogP contribution in [0.3, 0.4) is 0 Å². The van der Waals surface area contributed by atoms with E-state index >= 15 is 0 Å². The minimum Gasteiger partial charge on any atom is -0.383 e.